The molecule has 0 radical (unpaired) electrons. The Labute approximate surface area is 97.2 Å². The highest BCUT2D eigenvalue weighted by Gasteiger charge is 2.28. The minimum absolute atomic E-state index is 0.304. The molecule has 1 aromatic carbocycles. The van der Waals surface area contributed by atoms with Gasteiger partial charge in [-0.2, -0.15) is 8.42 Å². The third kappa shape index (κ3) is 3.01. The van der Waals surface area contributed by atoms with Crippen molar-refractivity contribution in [3.8, 4) is 0 Å². The second kappa shape index (κ2) is 4.80. The molecule has 0 bridgehead atoms. The molecule has 0 spiro atoms. The Morgan fingerprint density at radius 2 is 1.76 bits per heavy atom. The first-order valence-electron chi connectivity index (χ1n) is 4.47. The molecule has 94 valence electrons. The third-order valence-electron chi connectivity index (χ3n) is 2.11. The van der Waals surface area contributed by atoms with Gasteiger partial charge in [0.05, 0.1) is 4.90 Å². The average Bonchev–Trinajstić information content (AvgIpc) is 2.25. The maximum atomic E-state index is 11.0. The van der Waals surface area contributed by atoms with E-state index in [1.807, 2.05) is 0 Å². The maximum Gasteiger partial charge on any atom is 0.294 e. The lowest BCUT2D eigenvalue weighted by atomic mass is 10.0. The number of aliphatic hydroxyl groups is 2. The van der Waals surface area contributed by atoms with Crippen LogP contribution in [0.3, 0.4) is 0 Å². The van der Waals surface area contributed by atoms with Gasteiger partial charge >= 0.3 is 0 Å². The number of nitrogens with two attached hydrogens (primary N) is 1. The lowest BCUT2D eigenvalue weighted by molar-refractivity contribution is -0.132. The zero-order chi connectivity index (χ0) is 13.2. The van der Waals surface area contributed by atoms with Gasteiger partial charge in [0.2, 0.25) is 5.91 Å². The summed E-state index contributed by atoms with van der Waals surface area (Å²) in [6.45, 7) is 0. The number of carbonyl (C=O) groups is 1. The van der Waals surface area contributed by atoms with Crippen LogP contribution in [0, 0.1) is 0 Å². The van der Waals surface area contributed by atoms with Crippen LogP contribution in [0.4, 0.5) is 0 Å². The van der Waals surface area contributed by atoms with Gasteiger partial charge in [0, 0.05) is 5.56 Å². The van der Waals surface area contributed by atoms with Crippen LogP contribution in [0.2, 0.25) is 0 Å². The number of hydrogen-bond acceptors (Lipinski definition) is 5. The van der Waals surface area contributed by atoms with Crippen LogP contribution in [-0.4, -0.2) is 35.2 Å². The SMILES string of the molecule is NC(=O)C(O)C(O)c1ccccc1S(=O)(=O)O. The monoisotopic (exact) mass is 261 g/mol. The molecular formula is C9H11NO6S. The molecule has 2 atom stereocenters. The van der Waals surface area contributed by atoms with Crippen LogP contribution >= 0.6 is 0 Å². The Hall–Kier alpha value is -1.48. The lowest BCUT2D eigenvalue weighted by Gasteiger charge is -2.17. The van der Waals surface area contributed by atoms with Crippen LogP contribution < -0.4 is 5.73 Å². The van der Waals surface area contributed by atoms with Crippen molar-refractivity contribution in [2.75, 3.05) is 0 Å². The van der Waals surface area contributed by atoms with E-state index in [0.29, 0.717) is 0 Å². The Morgan fingerprint density at radius 3 is 2.24 bits per heavy atom. The summed E-state index contributed by atoms with van der Waals surface area (Å²) < 4.78 is 30.9. The molecule has 0 aromatic heterocycles. The third-order valence-corrected chi connectivity index (χ3v) is 3.03. The van der Waals surface area contributed by atoms with Crippen molar-refractivity contribution in [3.63, 3.8) is 0 Å². The van der Waals surface area contributed by atoms with E-state index in [-0.39, 0.29) is 5.56 Å². The van der Waals surface area contributed by atoms with Gasteiger partial charge in [0.1, 0.15) is 6.10 Å². The fourth-order valence-electron chi connectivity index (χ4n) is 1.29. The van der Waals surface area contributed by atoms with Crippen LogP contribution in [0.1, 0.15) is 11.7 Å². The number of hydrogen-bond donors (Lipinski definition) is 4. The molecule has 8 heteroatoms. The summed E-state index contributed by atoms with van der Waals surface area (Å²) in [4.78, 5) is 10.1. The number of carbonyl (C=O) groups excluding carboxylic acids is 1. The molecule has 17 heavy (non-hydrogen) atoms. The van der Waals surface area contributed by atoms with Gasteiger partial charge in [0.15, 0.2) is 6.10 Å². The molecule has 0 heterocycles. The van der Waals surface area contributed by atoms with E-state index in [9.17, 15) is 23.4 Å². The van der Waals surface area contributed by atoms with Gasteiger partial charge in [-0.05, 0) is 6.07 Å². The van der Waals surface area contributed by atoms with Crippen LogP contribution in [-0.2, 0) is 14.9 Å². The average molecular weight is 261 g/mol. The number of aliphatic hydroxyl groups excluding tert-OH is 2. The molecule has 5 N–H and O–H groups in total. The normalized spacial score (nSPS) is 15.2. The fraction of sp³-hybridized carbons (Fsp3) is 0.222. The highest BCUT2D eigenvalue weighted by atomic mass is 32.2. The zero-order valence-corrected chi connectivity index (χ0v) is 9.33. The largest absolute Gasteiger partial charge is 0.385 e. The smallest absolute Gasteiger partial charge is 0.294 e. The van der Waals surface area contributed by atoms with E-state index >= 15 is 0 Å². The molecule has 1 aromatic rings. The minimum atomic E-state index is -4.56. The predicted molar refractivity (Wildman–Crippen MR) is 56.4 cm³/mol. The molecule has 1 rings (SSSR count). The van der Waals surface area contributed by atoms with E-state index in [0.717, 1.165) is 12.1 Å². The fourth-order valence-corrected chi connectivity index (χ4v) is 2.02. The summed E-state index contributed by atoms with van der Waals surface area (Å²) in [5.41, 5.74) is 4.47. The van der Waals surface area contributed by atoms with Crippen LogP contribution in [0.25, 0.3) is 0 Å². The van der Waals surface area contributed by atoms with Crippen molar-refractivity contribution >= 4 is 16.0 Å². The van der Waals surface area contributed by atoms with Crippen molar-refractivity contribution in [2.24, 2.45) is 5.73 Å². The van der Waals surface area contributed by atoms with Crippen molar-refractivity contribution in [3.05, 3.63) is 29.8 Å². The highest BCUT2D eigenvalue weighted by Crippen LogP contribution is 2.24. The van der Waals surface area contributed by atoms with Gasteiger partial charge in [-0.25, -0.2) is 0 Å². The zero-order valence-electron chi connectivity index (χ0n) is 8.52. The van der Waals surface area contributed by atoms with Gasteiger partial charge in [-0.3, -0.25) is 9.35 Å². The Balaban J connectivity index is 3.28. The Morgan fingerprint density at radius 1 is 1.24 bits per heavy atom. The molecule has 0 fully saturated rings. The highest BCUT2D eigenvalue weighted by molar-refractivity contribution is 7.85. The molecule has 0 saturated carbocycles. The maximum absolute atomic E-state index is 11.0. The first kappa shape index (κ1) is 13.6. The molecule has 1 amide bonds. The molecule has 7 nitrogen and oxygen atoms in total. The second-order valence-corrected chi connectivity index (χ2v) is 4.69. The van der Waals surface area contributed by atoms with Crippen LogP contribution in [0.5, 0.6) is 0 Å². The Bertz CT molecular complexity index is 526. The number of amides is 1. The lowest BCUT2D eigenvalue weighted by Crippen LogP contribution is -2.34. The molecule has 0 saturated heterocycles. The summed E-state index contributed by atoms with van der Waals surface area (Å²) in [5.74, 6) is -1.21. The first-order valence-corrected chi connectivity index (χ1v) is 5.91. The number of rotatable bonds is 4. The van der Waals surface area contributed by atoms with Gasteiger partial charge in [-0.15, -0.1) is 0 Å². The van der Waals surface area contributed by atoms with E-state index in [4.69, 9.17) is 10.3 Å². The van der Waals surface area contributed by atoms with Gasteiger partial charge in [0.25, 0.3) is 10.1 Å². The molecule has 0 aliphatic heterocycles. The first-order chi connectivity index (χ1) is 7.75. The number of benzene rings is 1. The summed E-state index contributed by atoms with van der Waals surface area (Å²) in [6.07, 6.45) is -3.79. The molecule has 0 aliphatic carbocycles. The van der Waals surface area contributed by atoms with Crippen molar-refractivity contribution in [1.29, 1.82) is 0 Å². The van der Waals surface area contributed by atoms with Crippen molar-refractivity contribution < 1.29 is 28.0 Å². The summed E-state index contributed by atoms with van der Waals surface area (Å²) >= 11 is 0. The van der Waals surface area contributed by atoms with E-state index < -0.39 is 33.1 Å². The van der Waals surface area contributed by atoms with Crippen LogP contribution in [0.15, 0.2) is 29.2 Å². The van der Waals surface area contributed by atoms with Crippen molar-refractivity contribution in [1.82, 2.24) is 0 Å². The molecule has 0 aliphatic rings. The molecule has 2 unspecified atom stereocenters. The minimum Gasteiger partial charge on any atom is -0.385 e. The predicted octanol–water partition coefficient (Wildman–Crippen LogP) is -1.19. The quantitative estimate of drug-likeness (QED) is 0.503. The summed E-state index contributed by atoms with van der Waals surface area (Å²) in [6, 6.07) is 4.87. The van der Waals surface area contributed by atoms with Gasteiger partial charge in [-0.1, -0.05) is 18.2 Å². The number of primary amides is 1. The van der Waals surface area contributed by atoms with Crippen molar-refractivity contribution in [2.45, 2.75) is 17.1 Å². The Kier molecular flexibility index (Phi) is 3.83. The topological polar surface area (TPSA) is 138 Å². The second-order valence-electron chi connectivity index (χ2n) is 3.30. The van der Waals surface area contributed by atoms with E-state index in [1.54, 1.807) is 0 Å². The van der Waals surface area contributed by atoms with E-state index in [2.05, 4.69) is 0 Å². The standard InChI is InChI=1S/C9H11NO6S/c10-9(13)8(12)7(11)5-3-1-2-4-6(5)17(14,15)16/h1-4,7-8,11-12H,(H2,10,13)(H,14,15,16). The van der Waals surface area contributed by atoms with E-state index in [1.165, 1.54) is 12.1 Å². The summed E-state index contributed by atoms with van der Waals surface area (Å²) in [7, 11) is -4.56. The van der Waals surface area contributed by atoms with Gasteiger partial charge < -0.3 is 15.9 Å². The summed E-state index contributed by atoms with van der Waals surface area (Å²) in [5, 5.41) is 18.8. The molecular weight excluding hydrogens is 250 g/mol.